The van der Waals surface area contributed by atoms with E-state index >= 15 is 0 Å². The van der Waals surface area contributed by atoms with Crippen LogP contribution in [0.15, 0.2) is 41.8 Å². The first kappa shape index (κ1) is 24.4. The number of thiophene rings is 1. The molecule has 0 atom stereocenters. The minimum Gasteiger partial charge on any atom is -0.383 e. The van der Waals surface area contributed by atoms with Crippen LogP contribution >= 0.6 is 11.3 Å². The number of amides is 2. The Hall–Kier alpha value is -2.25. The van der Waals surface area contributed by atoms with E-state index < -0.39 is 0 Å². The number of hydrogen-bond acceptors (Lipinski definition) is 4. The molecule has 0 aliphatic heterocycles. The summed E-state index contributed by atoms with van der Waals surface area (Å²) in [7, 11) is 1.60. The molecule has 7 heteroatoms. The number of hydrogen-bond donors (Lipinski definition) is 0. The molecule has 0 bridgehead atoms. The second-order valence-electron chi connectivity index (χ2n) is 8.45. The average molecular weight is 461 g/mol. The first-order valence-corrected chi connectivity index (χ1v) is 12.2. The van der Waals surface area contributed by atoms with Crippen LogP contribution in [0.4, 0.5) is 4.39 Å². The van der Waals surface area contributed by atoms with Crippen molar-refractivity contribution in [3.63, 3.8) is 0 Å². The van der Waals surface area contributed by atoms with Gasteiger partial charge in [-0.25, -0.2) is 4.39 Å². The van der Waals surface area contributed by atoms with E-state index in [0.29, 0.717) is 38.6 Å². The van der Waals surface area contributed by atoms with Crippen molar-refractivity contribution in [2.75, 3.05) is 26.8 Å². The van der Waals surface area contributed by atoms with Crippen molar-refractivity contribution in [2.24, 2.45) is 5.92 Å². The largest absolute Gasteiger partial charge is 0.383 e. The Kier molecular flexibility index (Phi) is 9.68. The Morgan fingerprint density at radius 1 is 1.06 bits per heavy atom. The highest BCUT2D eigenvalue weighted by Crippen LogP contribution is 2.28. The normalized spacial score (nSPS) is 13.9. The average Bonchev–Trinajstić information content (AvgIpc) is 3.50. The van der Waals surface area contributed by atoms with Crippen molar-refractivity contribution in [2.45, 2.75) is 51.6 Å². The van der Waals surface area contributed by atoms with Crippen LogP contribution in [0.5, 0.6) is 0 Å². The van der Waals surface area contributed by atoms with E-state index in [1.165, 1.54) is 37.8 Å². The first-order chi connectivity index (χ1) is 15.5. The van der Waals surface area contributed by atoms with E-state index in [2.05, 4.69) is 0 Å². The lowest BCUT2D eigenvalue weighted by Crippen LogP contribution is -2.43. The molecule has 2 amide bonds. The summed E-state index contributed by atoms with van der Waals surface area (Å²) in [5, 5.41) is 1.98. The topological polar surface area (TPSA) is 49.9 Å². The zero-order valence-corrected chi connectivity index (χ0v) is 19.6. The third-order valence-corrected chi connectivity index (χ3v) is 6.91. The minimum atomic E-state index is -0.302. The van der Waals surface area contributed by atoms with E-state index in [9.17, 15) is 14.0 Å². The van der Waals surface area contributed by atoms with Gasteiger partial charge in [0.1, 0.15) is 5.82 Å². The van der Waals surface area contributed by atoms with Crippen LogP contribution in [0.3, 0.4) is 0 Å². The van der Waals surface area contributed by atoms with Gasteiger partial charge in [0.15, 0.2) is 0 Å². The first-order valence-electron chi connectivity index (χ1n) is 11.4. The van der Waals surface area contributed by atoms with Gasteiger partial charge in [-0.15, -0.1) is 11.3 Å². The third kappa shape index (κ3) is 7.71. The van der Waals surface area contributed by atoms with Crippen LogP contribution in [0.25, 0.3) is 0 Å². The molecule has 0 unspecified atom stereocenters. The molecular formula is C25H33FN2O3S. The van der Waals surface area contributed by atoms with Crippen molar-refractivity contribution in [1.29, 1.82) is 0 Å². The van der Waals surface area contributed by atoms with Gasteiger partial charge in [-0.2, -0.15) is 0 Å². The predicted molar refractivity (Wildman–Crippen MR) is 125 cm³/mol. The molecule has 0 N–H and O–H groups in total. The number of halogens is 1. The molecule has 1 heterocycles. The lowest BCUT2D eigenvalue weighted by molar-refractivity contribution is -0.141. The molecule has 3 rings (SSSR count). The Bertz CT molecular complexity index is 835. The number of nitrogens with zero attached hydrogens (tertiary/aromatic N) is 2. The number of ether oxygens (including phenoxy) is 1. The number of methoxy groups -OCH3 is 1. The molecule has 32 heavy (non-hydrogen) atoms. The van der Waals surface area contributed by atoms with Gasteiger partial charge in [-0.05, 0) is 41.5 Å². The molecule has 174 valence electrons. The van der Waals surface area contributed by atoms with Gasteiger partial charge in [0.25, 0.3) is 0 Å². The second-order valence-corrected chi connectivity index (χ2v) is 9.49. The maximum Gasteiger partial charge on any atom is 0.242 e. The SMILES string of the molecule is COCCN(CC(=O)N(Cc1ccc(F)cc1)Cc1cccs1)C(=O)CCC1CCCC1. The van der Waals surface area contributed by atoms with Crippen molar-refractivity contribution in [3.05, 3.63) is 58.0 Å². The number of rotatable bonds is 12. The second kappa shape index (κ2) is 12.7. The van der Waals surface area contributed by atoms with Gasteiger partial charge in [-0.3, -0.25) is 9.59 Å². The van der Waals surface area contributed by atoms with Crippen molar-refractivity contribution in [1.82, 2.24) is 9.80 Å². The Labute approximate surface area is 194 Å². The van der Waals surface area contributed by atoms with E-state index in [4.69, 9.17) is 4.74 Å². The lowest BCUT2D eigenvalue weighted by Gasteiger charge is -2.28. The van der Waals surface area contributed by atoms with E-state index in [1.807, 2.05) is 17.5 Å². The minimum absolute atomic E-state index is 0.0140. The van der Waals surface area contributed by atoms with Gasteiger partial charge in [0.05, 0.1) is 19.7 Å². The third-order valence-electron chi connectivity index (χ3n) is 6.05. The Morgan fingerprint density at radius 2 is 1.81 bits per heavy atom. The standard InChI is InChI=1S/C25H33FN2O3S/c1-31-15-14-27(24(29)13-10-20-5-2-3-6-20)19-25(30)28(18-23-7-4-16-32-23)17-21-8-11-22(26)12-9-21/h4,7-9,11-12,16,20H,2-3,5-6,10,13-15,17-19H2,1H3. The monoisotopic (exact) mass is 460 g/mol. The van der Waals surface area contributed by atoms with Gasteiger partial charge in [0.2, 0.25) is 11.8 Å². The summed E-state index contributed by atoms with van der Waals surface area (Å²) in [5.74, 6) is 0.226. The Balaban J connectivity index is 1.66. The summed E-state index contributed by atoms with van der Waals surface area (Å²) in [6.07, 6.45) is 6.29. The molecule has 1 aliphatic rings. The van der Waals surface area contributed by atoms with Gasteiger partial charge >= 0.3 is 0 Å². The molecule has 0 radical (unpaired) electrons. The summed E-state index contributed by atoms with van der Waals surface area (Å²) < 4.78 is 18.5. The molecule has 1 aromatic carbocycles. The van der Waals surface area contributed by atoms with Gasteiger partial charge < -0.3 is 14.5 Å². The van der Waals surface area contributed by atoms with E-state index in [1.54, 1.807) is 40.4 Å². The fourth-order valence-corrected chi connectivity index (χ4v) is 4.89. The summed E-state index contributed by atoms with van der Waals surface area (Å²) in [5.41, 5.74) is 0.854. The summed E-state index contributed by atoms with van der Waals surface area (Å²) >= 11 is 1.59. The number of carbonyl (C=O) groups is 2. The zero-order chi connectivity index (χ0) is 22.8. The Morgan fingerprint density at radius 3 is 2.47 bits per heavy atom. The summed E-state index contributed by atoms with van der Waals surface area (Å²) in [6, 6.07) is 10.1. The molecule has 1 saturated carbocycles. The van der Waals surface area contributed by atoms with Crippen LogP contribution < -0.4 is 0 Å². The van der Waals surface area contributed by atoms with Crippen LogP contribution in [-0.4, -0.2) is 48.4 Å². The highest BCUT2D eigenvalue weighted by atomic mass is 32.1. The maximum absolute atomic E-state index is 13.3. The molecular weight excluding hydrogens is 427 g/mol. The number of carbonyl (C=O) groups excluding carboxylic acids is 2. The predicted octanol–water partition coefficient (Wildman–Crippen LogP) is 4.86. The summed E-state index contributed by atoms with van der Waals surface area (Å²) in [6.45, 7) is 1.65. The molecule has 1 fully saturated rings. The molecule has 0 spiro atoms. The molecule has 0 saturated heterocycles. The molecule has 1 aliphatic carbocycles. The highest BCUT2D eigenvalue weighted by molar-refractivity contribution is 7.09. The fraction of sp³-hybridized carbons (Fsp3) is 0.520. The summed E-state index contributed by atoms with van der Waals surface area (Å²) in [4.78, 5) is 30.7. The van der Waals surface area contributed by atoms with E-state index in [0.717, 1.165) is 16.9 Å². The zero-order valence-electron chi connectivity index (χ0n) is 18.8. The fourth-order valence-electron chi connectivity index (χ4n) is 4.17. The maximum atomic E-state index is 13.3. The van der Waals surface area contributed by atoms with Crippen LogP contribution in [0.1, 0.15) is 49.0 Å². The van der Waals surface area contributed by atoms with Crippen molar-refractivity contribution in [3.8, 4) is 0 Å². The quantitative estimate of drug-likeness (QED) is 0.454. The smallest absolute Gasteiger partial charge is 0.242 e. The van der Waals surface area contributed by atoms with Crippen LogP contribution in [-0.2, 0) is 27.4 Å². The molecule has 1 aromatic heterocycles. The van der Waals surface area contributed by atoms with Crippen LogP contribution in [0, 0.1) is 11.7 Å². The highest BCUT2D eigenvalue weighted by Gasteiger charge is 2.23. The van der Waals surface area contributed by atoms with Gasteiger partial charge in [0, 0.05) is 31.5 Å². The molecule has 5 nitrogen and oxygen atoms in total. The van der Waals surface area contributed by atoms with Crippen molar-refractivity contribution < 1.29 is 18.7 Å². The van der Waals surface area contributed by atoms with Crippen molar-refractivity contribution >= 4 is 23.2 Å². The number of benzene rings is 1. The van der Waals surface area contributed by atoms with Gasteiger partial charge in [-0.1, -0.05) is 43.9 Å². The van der Waals surface area contributed by atoms with E-state index in [-0.39, 0.29) is 24.2 Å². The lowest BCUT2D eigenvalue weighted by atomic mass is 10.0. The van der Waals surface area contributed by atoms with Crippen LogP contribution in [0.2, 0.25) is 0 Å². The molecule has 2 aromatic rings.